The monoisotopic (exact) mass is 264 g/mol. The van der Waals surface area contributed by atoms with Crippen LogP contribution in [0.1, 0.15) is 44.8 Å². The van der Waals surface area contributed by atoms with Crippen molar-refractivity contribution in [2.24, 2.45) is 4.99 Å². The molecule has 1 aromatic heterocycles. The SMILES string of the molecule is CCNC(=NCc1nnc2n1CCCCC2)NCC. The van der Waals surface area contributed by atoms with E-state index in [1.165, 1.54) is 19.3 Å². The zero-order chi connectivity index (χ0) is 13.5. The highest BCUT2D eigenvalue weighted by molar-refractivity contribution is 5.79. The predicted octanol–water partition coefficient (Wildman–Crippen LogP) is 1.08. The predicted molar refractivity (Wildman–Crippen MR) is 76.1 cm³/mol. The maximum atomic E-state index is 4.56. The summed E-state index contributed by atoms with van der Waals surface area (Å²) in [7, 11) is 0. The Labute approximate surface area is 114 Å². The van der Waals surface area contributed by atoms with Crippen LogP contribution in [0.2, 0.25) is 0 Å². The molecule has 0 unspecified atom stereocenters. The highest BCUT2D eigenvalue weighted by Gasteiger charge is 2.14. The van der Waals surface area contributed by atoms with E-state index in [1.54, 1.807) is 0 Å². The molecule has 1 aliphatic heterocycles. The molecule has 6 nitrogen and oxygen atoms in total. The highest BCUT2D eigenvalue weighted by Crippen LogP contribution is 2.14. The summed E-state index contributed by atoms with van der Waals surface area (Å²) in [5, 5.41) is 15.0. The second-order valence-electron chi connectivity index (χ2n) is 4.72. The van der Waals surface area contributed by atoms with Gasteiger partial charge >= 0.3 is 0 Å². The first-order valence-corrected chi connectivity index (χ1v) is 7.28. The minimum absolute atomic E-state index is 0.586. The maximum absolute atomic E-state index is 4.56. The van der Waals surface area contributed by atoms with E-state index in [4.69, 9.17) is 0 Å². The first-order chi connectivity index (χ1) is 9.35. The average Bonchev–Trinajstić information content (AvgIpc) is 2.64. The molecule has 0 aliphatic carbocycles. The summed E-state index contributed by atoms with van der Waals surface area (Å²) in [5.74, 6) is 2.94. The number of aryl methyl sites for hydroxylation is 1. The van der Waals surface area contributed by atoms with E-state index in [9.17, 15) is 0 Å². The summed E-state index contributed by atoms with van der Waals surface area (Å²) in [4.78, 5) is 4.56. The van der Waals surface area contributed by atoms with Gasteiger partial charge in [0.05, 0.1) is 0 Å². The third-order valence-electron chi connectivity index (χ3n) is 3.25. The van der Waals surface area contributed by atoms with Crippen LogP contribution in [0.5, 0.6) is 0 Å². The van der Waals surface area contributed by atoms with Crippen molar-refractivity contribution in [1.82, 2.24) is 25.4 Å². The van der Waals surface area contributed by atoms with E-state index in [0.717, 1.165) is 43.7 Å². The number of fused-ring (bicyclic) bond motifs is 1. The Morgan fingerprint density at radius 3 is 2.68 bits per heavy atom. The van der Waals surface area contributed by atoms with Crippen LogP contribution in [-0.4, -0.2) is 33.8 Å². The summed E-state index contributed by atoms with van der Waals surface area (Å²) in [5.41, 5.74) is 0. The molecular formula is C13H24N6. The molecule has 0 saturated carbocycles. The summed E-state index contributed by atoms with van der Waals surface area (Å²) in [6.45, 7) is 7.48. The van der Waals surface area contributed by atoms with Gasteiger partial charge in [-0.05, 0) is 26.7 Å². The first kappa shape index (κ1) is 13.8. The van der Waals surface area contributed by atoms with Crippen LogP contribution in [0.3, 0.4) is 0 Å². The highest BCUT2D eigenvalue weighted by atomic mass is 15.3. The summed E-state index contributed by atoms with van der Waals surface area (Å²) < 4.78 is 2.24. The number of nitrogens with one attached hydrogen (secondary N) is 2. The smallest absolute Gasteiger partial charge is 0.191 e. The Bertz CT molecular complexity index is 415. The maximum Gasteiger partial charge on any atom is 0.191 e. The van der Waals surface area contributed by atoms with Crippen molar-refractivity contribution in [1.29, 1.82) is 0 Å². The Hall–Kier alpha value is -1.59. The van der Waals surface area contributed by atoms with E-state index in [2.05, 4.69) is 44.2 Å². The molecule has 6 heteroatoms. The van der Waals surface area contributed by atoms with Crippen LogP contribution in [0.4, 0.5) is 0 Å². The number of aliphatic imine (C=N–C) groups is 1. The molecule has 1 aromatic rings. The van der Waals surface area contributed by atoms with Gasteiger partial charge in [-0.25, -0.2) is 4.99 Å². The lowest BCUT2D eigenvalue weighted by molar-refractivity contribution is 0.605. The number of rotatable bonds is 4. The van der Waals surface area contributed by atoms with Gasteiger partial charge in [0.2, 0.25) is 0 Å². The van der Waals surface area contributed by atoms with Crippen LogP contribution >= 0.6 is 0 Å². The number of hydrogen-bond donors (Lipinski definition) is 2. The largest absolute Gasteiger partial charge is 0.357 e. The molecule has 2 heterocycles. The number of aromatic nitrogens is 3. The van der Waals surface area contributed by atoms with Crippen molar-refractivity contribution in [3.63, 3.8) is 0 Å². The van der Waals surface area contributed by atoms with Crippen LogP contribution < -0.4 is 10.6 Å². The molecule has 0 atom stereocenters. The molecule has 2 N–H and O–H groups in total. The van der Waals surface area contributed by atoms with Gasteiger partial charge in [0.1, 0.15) is 12.4 Å². The second kappa shape index (κ2) is 7.11. The van der Waals surface area contributed by atoms with Crippen molar-refractivity contribution in [3.8, 4) is 0 Å². The molecule has 1 aliphatic rings. The molecule has 0 radical (unpaired) electrons. The van der Waals surface area contributed by atoms with Gasteiger partial charge in [-0.15, -0.1) is 10.2 Å². The standard InChI is InChI=1S/C13H24N6/c1-3-14-13(15-4-2)16-10-12-18-17-11-8-6-5-7-9-19(11)12/h3-10H2,1-2H3,(H2,14,15,16). The fourth-order valence-electron chi connectivity index (χ4n) is 2.32. The lowest BCUT2D eigenvalue weighted by Crippen LogP contribution is -2.37. The average molecular weight is 264 g/mol. The van der Waals surface area contributed by atoms with Crippen LogP contribution in [0, 0.1) is 0 Å². The summed E-state index contributed by atoms with van der Waals surface area (Å²) in [6.07, 6.45) is 4.77. The molecule has 106 valence electrons. The van der Waals surface area contributed by atoms with Gasteiger partial charge < -0.3 is 15.2 Å². The lowest BCUT2D eigenvalue weighted by atomic mass is 10.2. The summed E-state index contributed by atoms with van der Waals surface area (Å²) in [6, 6.07) is 0. The van der Waals surface area contributed by atoms with Crippen molar-refractivity contribution >= 4 is 5.96 Å². The number of guanidine groups is 1. The zero-order valence-electron chi connectivity index (χ0n) is 11.9. The number of nitrogens with zero attached hydrogens (tertiary/aromatic N) is 4. The third-order valence-corrected chi connectivity index (χ3v) is 3.25. The molecule has 0 aromatic carbocycles. The van der Waals surface area contributed by atoms with Crippen LogP contribution in [0.15, 0.2) is 4.99 Å². The fourth-order valence-corrected chi connectivity index (χ4v) is 2.32. The Morgan fingerprint density at radius 2 is 1.95 bits per heavy atom. The van der Waals surface area contributed by atoms with E-state index in [-0.39, 0.29) is 0 Å². The third kappa shape index (κ3) is 3.68. The van der Waals surface area contributed by atoms with Gasteiger partial charge in [0.25, 0.3) is 0 Å². The van der Waals surface area contributed by atoms with Crippen LogP contribution in [-0.2, 0) is 19.5 Å². The molecule has 0 spiro atoms. The van der Waals surface area contributed by atoms with Crippen molar-refractivity contribution in [2.75, 3.05) is 13.1 Å². The number of hydrogen-bond acceptors (Lipinski definition) is 3. The van der Waals surface area contributed by atoms with Crippen molar-refractivity contribution < 1.29 is 0 Å². The second-order valence-corrected chi connectivity index (χ2v) is 4.72. The molecule has 0 bridgehead atoms. The van der Waals surface area contributed by atoms with Gasteiger partial charge in [-0.2, -0.15) is 0 Å². The molecular weight excluding hydrogens is 240 g/mol. The van der Waals surface area contributed by atoms with E-state index < -0.39 is 0 Å². The molecule has 2 rings (SSSR count). The molecule has 0 saturated heterocycles. The zero-order valence-corrected chi connectivity index (χ0v) is 11.9. The van der Waals surface area contributed by atoms with Gasteiger partial charge in [0.15, 0.2) is 11.8 Å². The van der Waals surface area contributed by atoms with Crippen LogP contribution in [0.25, 0.3) is 0 Å². The summed E-state index contributed by atoms with van der Waals surface area (Å²) >= 11 is 0. The molecule has 0 amide bonds. The Balaban J connectivity index is 2.06. The van der Waals surface area contributed by atoms with E-state index in [0.29, 0.717) is 6.54 Å². The van der Waals surface area contributed by atoms with Gasteiger partial charge in [-0.1, -0.05) is 6.42 Å². The Kier molecular flexibility index (Phi) is 5.18. The minimum atomic E-state index is 0.586. The van der Waals surface area contributed by atoms with Gasteiger partial charge in [-0.3, -0.25) is 0 Å². The minimum Gasteiger partial charge on any atom is -0.357 e. The quantitative estimate of drug-likeness (QED) is 0.631. The van der Waals surface area contributed by atoms with Crippen molar-refractivity contribution in [2.45, 2.75) is 52.6 Å². The first-order valence-electron chi connectivity index (χ1n) is 7.28. The van der Waals surface area contributed by atoms with Crippen molar-refractivity contribution in [3.05, 3.63) is 11.6 Å². The van der Waals surface area contributed by atoms with E-state index in [1.807, 2.05) is 0 Å². The molecule has 19 heavy (non-hydrogen) atoms. The normalized spacial score (nSPS) is 14.4. The molecule has 0 fully saturated rings. The fraction of sp³-hybridized carbons (Fsp3) is 0.769. The van der Waals surface area contributed by atoms with E-state index >= 15 is 0 Å². The topological polar surface area (TPSA) is 67.1 Å². The Morgan fingerprint density at radius 1 is 1.16 bits per heavy atom. The van der Waals surface area contributed by atoms with Gasteiger partial charge in [0, 0.05) is 26.1 Å². The lowest BCUT2D eigenvalue weighted by Gasteiger charge is -2.09.